The topological polar surface area (TPSA) is 69.0 Å². The molecule has 5 nitrogen and oxygen atoms in total. The predicted molar refractivity (Wildman–Crippen MR) is 110 cm³/mol. The van der Waals surface area contributed by atoms with E-state index in [9.17, 15) is 10.1 Å². The van der Waals surface area contributed by atoms with Crippen LogP contribution >= 0.6 is 46.6 Å². The molecule has 0 fully saturated rings. The normalized spacial score (nSPS) is 13.7. The van der Waals surface area contributed by atoms with Gasteiger partial charge in [0.05, 0.1) is 27.0 Å². The Hall–Kier alpha value is -1.49. The smallest absolute Gasteiger partial charge is 0.234 e. The number of fused-ring (bicyclic) bond motifs is 1. The molecule has 0 radical (unpaired) electrons. The van der Waals surface area contributed by atoms with E-state index < -0.39 is 0 Å². The van der Waals surface area contributed by atoms with Crippen LogP contribution in [0.5, 0.6) is 0 Å². The second-order valence-electron chi connectivity index (χ2n) is 6.13. The van der Waals surface area contributed by atoms with Crippen LogP contribution in [-0.2, 0) is 17.8 Å². The quantitative estimate of drug-likeness (QED) is 0.700. The van der Waals surface area contributed by atoms with Gasteiger partial charge < -0.3 is 10.2 Å². The van der Waals surface area contributed by atoms with Crippen molar-refractivity contribution in [1.82, 2.24) is 9.88 Å². The standard InChI is InChI=1S/C18H15Cl3N4OS/c1-25-3-2-15-11(8-25)4-10(7-22)18(23-15)27-9-16(26)24-17-13(20)5-12(19)6-14(17)21/h4-6H,2-3,8-9H2,1H3,(H,24,26). The van der Waals surface area contributed by atoms with Gasteiger partial charge in [-0.2, -0.15) is 5.26 Å². The maximum absolute atomic E-state index is 12.3. The first-order chi connectivity index (χ1) is 12.9. The molecular formula is C18H15Cl3N4OS. The summed E-state index contributed by atoms with van der Waals surface area (Å²) in [6.45, 7) is 1.69. The van der Waals surface area contributed by atoms with Crippen molar-refractivity contribution in [3.63, 3.8) is 0 Å². The third kappa shape index (κ3) is 4.87. The predicted octanol–water partition coefficient (Wildman–Crippen LogP) is 4.63. The third-order valence-corrected chi connectivity index (χ3v) is 5.86. The summed E-state index contributed by atoms with van der Waals surface area (Å²) in [5.41, 5.74) is 2.84. The monoisotopic (exact) mass is 440 g/mol. The highest BCUT2D eigenvalue weighted by atomic mass is 35.5. The Labute approximate surface area is 176 Å². The van der Waals surface area contributed by atoms with Crippen molar-refractivity contribution in [3.05, 3.63) is 50.1 Å². The molecule has 2 heterocycles. The lowest BCUT2D eigenvalue weighted by atomic mass is 10.0. The first kappa shape index (κ1) is 20.2. The molecule has 0 saturated carbocycles. The van der Waals surface area contributed by atoms with Gasteiger partial charge in [0.25, 0.3) is 0 Å². The molecule has 1 amide bonds. The fourth-order valence-electron chi connectivity index (χ4n) is 2.76. The van der Waals surface area contributed by atoms with Crippen molar-refractivity contribution in [3.8, 4) is 6.07 Å². The Kier molecular flexibility index (Phi) is 6.51. The highest BCUT2D eigenvalue weighted by Gasteiger charge is 2.19. The van der Waals surface area contributed by atoms with Crippen LogP contribution < -0.4 is 5.32 Å². The lowest BCUT2D eigenvalue weighted by Crippen LogP contribution is -2.27. The SMILES string of the molecule is CN1CCc2nc(SCC(=O)Nc3c(Cl)cc(Cl)cc3Cl)c(C#N)cc2C1. The van der Waals surface area contributed by atoms with E-state index in [0.717, 1.165) is 30.8 Å². The Bertz CT molecular complexity index is 922. The summed E-state index contributed by atoms with van der Waals surface area (Å²) < 4.78 is 0. The maximum atomic E-state index is 12.3. The second kappa shape index (κ2) is 8.68. The lowest BCUT2D eigenvalue weighted by molar-refractivity contribution is -0.113. The van der Waals surface area contributed by atoms with Crippen LogP contribution in [0.3, 0.4) is 0 Å². The van der Waals surface area contributed by atoms with E-state index in [0.29, 0.717) is 21.3 Å². The minimum atomic E-state index is -0.297. The highest BCUT2D eigenvalue weighted by molar-refractivity contribution is 8.00. The van der Waals surface area contributed by atoms with Gasteiger partial charge in [-0.05, 0) is 30.8 Å². The van der Waals surface area contributed by atoms with Gasteiger partial charge >= 0.3 is 0 Å². The number of nitrogens with zero attached hydrogens (tertiary/aromatic N) is 3. The minimum absolute atomic E-state index is 0.0790. The van der Waals surface area contributed by atoms with Gasteiger partial charge in [0.2, 0.25) is 5.91 Å². The molecule has 140 valence electrons. The number of hydrogen-bond acceptors (Lipinski definition) is 5. The van der Waals surface area contributed by atoms with Gasteiger partial charge in [0, 0.05) is 30.2 Å². The van der Waals surface area contributed by atoms with Crippen molar-refractivity contribution in [2.45, 2.75) is 18.0 Å². The fraction of sp³-hybridized carbons (Fsp3) is 0.278. The van der Waals surface area contributed by atoms with E-state index in [4.69, 9.17) is 34.8 Å². The van der Waals surface area contributed by atoms with E-state index in [1.54, 1.807) is 0 Å². The molecule has 27 heavy (non-hydrogen) atoms. The highest BCUT2D eigenvalue weighted by Crippen LogP contribution is 2.34. The number of benzene rings is 1. The van der Waals surface area contributed by atoms with E-state index in [2.05, 4.69) is 21.3 Å². The number of amides is 1. The molecule has 1 N–H and O–H groups in total. The number of pyridine rings is 1. The molecule has 0 unspecified atom stereocenters. The molecule has 2 aromatic rings. The largest absolute Gasteiger partial charge is 0.323 e. The van der Waals surface area contributed by atoms with Gasteiger partial charge in [-0.3, -0.25) is 4.79 Å². The zero-order valence-electron chi connectivity index (χ0n) is 14.4. The Morgan fingerprint density at radius 2 is 2.04 bits per heavy atom. The molecule has 0 saturated heterocycles. The molecule has 0 aliphatic carbocycles. The van der Waals surface area contributed by atoms with Gasteiger partial charge in [-0.15, -0.1) is 0 Å². The van der Waals surface area contributed by atoms with E-state index in [1.807, 2.05) is 13.1 Å². The molecule has 1 aliphatic heterocycles. The number of carbonyl (C=O) groups is 1. The van der Waals surface area contributed by atoms with Crippen LogP contribution in [0.1, 0.15) is 16.8 Å². The number of anilines is 1. The Morgan fingerprint density at radius 3 is 2.70 bits per heavy atom. The average molecular weight is 442 g/mol. The number of nitriles is 1. The van der Waals surface area contributed by atoms with Gasteiger partial charge in [0.15, 0.2) is 0 Å². The van der Waals surface area contributed by atoms with Crippen LogP contribution in [-0.4, -0.2) is 35.1 Å². The summed E-state index contributed by atoms with van der Waals surface area (Å²) in [6, 6.07) is 7.05. The molecule has 0 bridgehead atoms. The number of halogens is 3. The molecule has 0 atom stereocenters. The second-order valence-corrected chi connectivity index (χ2v) is 8.34. The third-order valence-electron chi connectivity index (χ3n) is 4.06. The van der Waals surface area contributed by atoms with E-state index in [-0.39, 0.29) is 21.7 Å². The maximum Gasteiger partial charge on any atom is 0.234 e. The molecule has 1 aliphatic rings. The molecule has 1 aromatic carbocycles. The summed E-state index contributed by atoms with van der Waals surface area (Å²) in [6.07, 6.45) is 0.827. The number of rotatable bonds is 4. The fourth-order valence-corrected chi connectivity index (χ4v) is 4.44. The lowest BCUT2D eigenvalue weighted by Gasteiger charge is -2.24. The van der Waals surface area contributed by atoms with Crippen molar-refractivity contribution >= 4 is 58.2 Å². The number of nitrogens with one attached hydrogen (secondary N) is 1. The summed E-state index contributed by atoms with van der Waals surface area (Å²) in [4.78, 5) is 19.1. The average Bonchev–Trinajstić information content (AvgIpc) is 2.62. The number of hydrogen-bond donors (Lipinski definition) is 1. The molecule has 1 aromatic heterocycles. The molecule has 0 spiro atoms. The van der Waals surface area contributed by atoms with Crippen LogP contribution in [0.4, 0.5) is 5.69 Å². The number of aromatic nitrogens is 1. The molecule has 3 rings (SSSR count). The first-order valence-corrected chi connectivity index (χ1v) is 10.2. The minimum Gasteiger partial charge on any atom is -0.323 e. The zero-order chi connectivity index (χ0) is 19.6. The van der Waals surface area contributed by atoms with Crippen molar-refractivity contribution in [2.75, 3.05) is 24.7 Å². The summed E-state index contributed by atoms with van der Waals surface area (Å²) in [7, 11) is 2.04. The zero-order valence-corrected chi connectivity index (χ0v) is 17.4. The summed E-state index contributed by atoms with van der Waals surface area (Å²) >= 11 is 19.3. The molecule has 9 heteroatoms. The number of likely N-dealkylation sites (N-methyl/N-ethyl adjacent to an activating group) is 1. The van der Waals surface area contributed by atoms with Crippen LogP contribution in [0, 0.1) is 11.3 Å². The summed E-state index contributed by atoms with van der Waals surface area (Å²) in [5, 5.41) is 13.6. The van der Waals surface area contributed by atoms with Crippen molar-refractivity contribution in [2.24, 2.45) is 0 Å². The van der Waals surface area contributed by atoms with Crippen LogP contribution in [0.25, 0.3) is 0 Å². The van der Waals surface area contributed by atoms with Gasteiger partial charge in [-0.25, -0.2) is 4.98 Å². The Balaban J connectivity index is 1.72. The Morgan fingerprint density at radius 1 is 1.33 bits per heavy atom. The van der Waals surface area contributed by atoms with E-state index in [1.165, 1.54) is 23.9 Å². The molecular weight excluding hydrogens is 427 g/mol. The van der Waals surface area contributed by atoms with E-state index >= 15 is 0 Å². The van der Waals surface area contributed by atoms with Gasteiger partial charge in [-0.1, -0.05) is 46.6 Å². The van der Waals surface area contributed by atoms with Crippen molar-refractivity contribution < 1.29 is 4.79 Å². The van der Waals surface area contributed by atoms with Crippen LogP contribution in [0.2, 0.25) is 15.1 Å². The van der Waals surface area contributed by atoms with Crippen molar-refractivity contribution in [1.29, 1.82) is 5.26 Å². The number of carbonyl (C=O) groups excluding carboxylic acids is 1. The number of thioether (sulfide) groups is 1. The summed E-state index contributed by atoms with van der Waals surface area (Å²) in [5.74, 6) is -0.218. The first-order valence-electron chi connectivity index (χ1n) is 8.06. The van der Waals surface area contributed by atoms with Gasteiger partial charge in [0.1, 0.15) is 11.1 Å². The van der Waals surface area contributed by atoms with Crippen LogP contribution in [0.15, 0.2) is 23.2 Å².